The number of anilines is 2. The maximum absolute atomic E-state index is 12.9. The third-order valence-corrected chi connectivity index (χ3v) is 5.90. The standard InChI is InChI=1S/C23H19BrN4O6/c1-13-20(22(32)28(26(13)2)15-6-4-3-5-7-15)25-18(29)12-34-19(30)11-27-17-9-8-14(24)10-16(17)21(31)23(27)33/h3-10H,11-12H2,1-2H3,(H,25,29). The number of halogens is 1. The fourth-order valence-corrected chi connectivity index (χ4v) is 4.00. The Morgan fingerprint density at radius 3 is 2.47 bits per heavy atom. The molecule has 1 aliphatic heterocycles. The zero-order valence-electron chi connectivity index (χ0n) is 18.2. The lowest BCUT2D eigenvalue weighted by Gasteiger charge is -2.15. The molecule has 0 aliphatic carbocycles. The van der Waals surface area contributed by atoms with Gasteiger partial charge in [0, 0.05) is 11.5 Å². The molecular weight excluding hydrogens is 508 g/mol. The largest absolute Gasteiger partial charge is 0.454 e. The monoisotopic (exact) mass is 526 g/mol. The van der Waals surface area contributed by atoms with Crippen LogP contribution in [0, 0.1) is 6.92 Å². The molecule has 0 saturated carbocycles. The van der Waals surface area contributed by atoms with E-state index in [0.717, 1.165) is 4.90 Å². The molecule has 0 unspecified atom stereocenters. The van der Waals surface area contributed by atoms with E-state index < -0.39 is 42.3 Å². The number of ether oxygens (including phenoxy) is 1. The molecule has 174 valence electrons. The number of Topliss-reactive ketones (excluding diaryl/α,β-unsaturated/α-hetero) is 1. The Labute approximate surface area is 201 Å². The maximum Gasteiger partial charge on any atom is 0.326 e. The fraction of sp³-hybridized carbons (Fsp3) is 0.174. The van der Waals surface area contributed by atoms with E-state index in [4.69, 9.17) is 4.74 Å². The minimum atomic E-state index is -0.876. The third kappa shape index (κ3) is 4.17. The van der Waals surface area contributed by atoms with Gasteiger partial charge < -0.3 is 10.1 Å². The highest BCUT2D eigenvalue weighted by Crippen LogP contribution is 2.31. The van der Waals surface area contributed by atoms with Crippen molar-refractivity contribution < 1.29 is 23.9 Å². The number of amides is 2. The minimum absolute atomic E-state index is 0.0622. The summed E-state index contributed by atoms with van der Waals surface area (Å²) >= 11 is 3.24. The van der Waals surface area contributed by atoms with Gasteiger partial charge in [-0.15, -0.1) is 0 Å². The lowest BCUT2D eigenvalue weighted by Crippen LogP contribution is -2.36. The number of fused-ring (bicyclic) bond motifs is 1. The van der Waals surface area contributed by atoms with Crippen molar-refractivity contribution in [2.24, 2.45) is 7.05 Å². The van der Waals surface area contributed by atoms with E-state index in [1.165, 1.54) is 16.8 Å². The van der Waals surface area contributed by atoms with Crippen molar-refractivity contribution in [3.8, 4) is 5.69 Å². The molecule has 1 aliphatic rings. The van der Waals surface area contributed by atoms with Gasteiger partial charge in [-0.2, -0.15) is 0 Å². The smallest absolute Gasteiger partial charge is 0.326 e. The van der Waals surface area contributed by atoms with Crippen molar-refractivity contribution in [1.29, 1.82) is 0 Å². The van der Waals surface area contributed by atoms with Gasteiger partial charge >= 0.3 is 5.97 Å². The van der Waals surface area contributed by atoms with Crippen LogP contribution >= 0.6 is 15.9 Å². The van der Waals surface area contributed by atoms with Crippen LogP contribution in [0.4, 0.5) is 11.4 Å². The number of aromatic nitrogens is 2. The average molecular weight is 527 g/mol. The fourth-order valence-electron chi connectivity index (χ4n) is 3.64. The number of rotatable bonds is 6. The Hall–Kier alpha value is -3.99. The number of nitrogens with zero attached hydrogens (tertiary/aromatic N) is 3. The van der Waals surface area contributed by atoms with Crippen molar-refractivity contribution in [3.05, 3.63) is 74.6 Å². The number of hydrogen-bond donors (Lipinski definition) is 1. The second-order valence-electron chi connectivity index (χ2n) is 7.53. The number of carbonyl (C=O) groups is 4. The number of ketones is 1. The van der Waals surface area contributed by atoms with E-state index in [-0.39, 0.29) is 11.3 Å². The zero-order chi connectivity index (χ0) is 24.6. The quantitative estimate of drug-likeness (QED) is 0.387. The zero-order valence-corrected chi connectivity index (χ0v) is 19.8. The summed E-state index contributed by atoms with van der Waals surface area (Å²) in [6.45, 7) is 0.479. The topological polar surface area (TPSA) is 120 Å². The lowest BCUT2D eigenvalue weighted by atomic mass is 10.1. The van der Waals surface area contributed by atoms with Crippen LogP contribution in [0.15, 0.2) is 57.8 Å². The van der Waals surface area contributed by atoms with Crippen LogP contribution in [-0.4, -0.2) is 46.1 Å². The summed E-state index contributed by atoms with van der Waals surface area (Å²) in [6.07, 6.45) is 0. The Kier molecular flexibility index (Phi) is 6.20. The van der Waals surface area contributed by atoms with Gasteiger partial charge in [0.15, 0.2) is 6.61 Å². The first-order chi connectivity index (χ1) is 16.2. The van der Waals surface area contributed by atoms with Gasteiger partial charge in [0.25, 0.3) is 23.2 Å². The van der Waals surface area contributed by atoms with E-state index in [9.17, 15) is 24.0 Å². The Morgan fingerprint density at radius 2 is 1.76 bits per heavy atom. The maximum atomic E-state index is 12.9. The van der Waals surface area contributed by atoms with E-state index >= 15 is 0 Å². The summed E-state index contributed by atoms with van der Waals surface area (Å²) in [5.74, 6) is -3.17. The summed E-state index contributed by atoms with van der Waals surface area (Å²) in [6, 6.07) is 13.6. The molecule has 1 N–H and O–H groups in total. The molecule has 0 bridgehead atoms. The molecule has 11 heteroatoms. The first kappa shape index (κ1) is 23.2. The normalized spacial score (nSPS) is 12.6. The molecule has 10 nitrogen and oxygen atoms in total. The molecule has 2 heterocycles. The molecule has 0 atom stereocenters. The van der Waals surface area contributed by atoms with Crippen molar-refractivity contribution in [3.63, 3.8) is 0 Å². The van der Waals surface area contributed by atoms with Crippen molar-refractivity contribution in [1.82, 2.24) is 9.36 Å². The van der Waals surface area contributed by atoms with Gasteiger partial charge in [-0.05, 0) is 37.3 Å². The number of carbonyl (C=O) groups excluding carboxylic acids is 4. The predicted octanol–water partition coefficient (Wildman–Crippen LogP) is 1.96. The van der Waals surface area contributed by atoms with E-state index in [1.54, 1.807) is 49.0 Å². The van der Waals surface area contributed by atoms with Crippen LogP contribution in [0.2, 0.25) is 0 Å². The van der Waals surface area contributed by atoms with Crippen LogP contribution in [0.1, 0.15) is 16.1 Å². The number of hydrogen-bond acceptors (Lipinski definition) is 6. The highest BCUT2D eigenvalue weighted by molar-refractivity contribution is 9.10. The summed E-state index contributed by atoms with van der Waals surface area (Å²) in [4.78, 5) is 62.9. The van der Waals surface area contributed by atoms with Gasteiger partial charge in [0.1, 0.15) is 12.2 Å². The SMILES string of the molecule is Cc1c(NC(=O)COC(=O)CN2C(=O)C(=O)c3cc(Br)ccc32)c(=O)n(-c2ccccc2)n1C. The number of para-hydroxylation sites is 1. The van der Waals surface area contributed by atoms with Crippen molar-refractivity contribution >= 4 is 50.9 Å². The number of nitrogens with one attached hydrogen (secondary N) is 1. The van der Waals surface area contributed by atoms with Crippen LogP contribution in [-0.2, 0) is 26.2 Å². The molecule has 0 saturated heterocycles. The summed E-state index contributed by atoms with van der Waals surface area (Å²) in [5, 5.41) is 2.49. The molecule has 0 radical (unpaired) electrons. The van der Waals surface area contributed by atoms with Crippen LogP contribution in [0.3, 0.4) is 0 Å². The van der Waals surface area contributed by atoms with Crippen molar-refractivity contribution in [2.75, 3.05) is 23.4 Å². The molecule has 1 aromatic heterocycles. The van der Waals surface area contributed by atoms with E-state index in [1.807, 2.05) is 6.07 Å². The lowest BCUT2D eigenvalue weighted by molar-refractivity contribution is -0.146. The van der Waals surface area contributed by atoms with E-state index in [2.05, 4.69) is 21.2 Å². The number of esters is 1. The van der Waals surface area contributed by atoms with E-state index in [0.29, 0.717) is 21.5 Å². The average Bonchev–Trinajstić information content (AvgIpc) is 3.17. The predicted molar refractivity (Wildman–Crippen MR) is 126 cm³/mol. The van der Waals surface area contributed by atoms with Gasteiger partial charge in [-0.3, -0.25) is 33.6 Å². The first-order valence-electron chi connectivity index (χ1n) is 10.1. The molecule has 0 spiro atoms. The summed E-state index contributed by atoms with van der Waals surface area (Å²) in [5.41, 5.74) is 1.24. The first-order valence-corrected chi connectivity index (χ1v) is 10.9. The second-order valence-corrected chi connectivity index (χ2v) is 8.44. The Balaban J connectivity index is 1.41. The van der Waals surface area contributed by atoms with Crippen molar-refractivity contribution in [2.45, 2.75) is 6.92 Å². The molecular formula is C23H19BrN4O6. The van der Waals surface area contributed by atoms with Crippen LogP contribution in [0.5, 0.6) is 0 Å². The molecule has 3 aromatic rings. The summed E-state index contributed by atoms with van der Waals surface area (Å²) in [7, 11) is 1.68. The Bertz CT molecular complexity index is 1390. The van der Waals surface area contributed by atoms with Crippen LogP contribution in [0.25, 0.3) is 5.69 Å². The third-order valence-electron chi connectivity index (χ3n) is 5.40. The minimum Gasteiger partial charge on any atom is -0.454 e. The van der Waals surface area contributed by atoms with Gasteiger partial charge in [-0.1, -0.05) is 34.1 Å². The molecule has 0 fully saturated rings. The molecule has 34 heavy (non-hydrogen) atoms. The van der Waals surface area contributed by atoms with Gasteiger partial charge in [-0.25, -0.2) is 4.68 Å². The van der Waals surface area contributed by atoms with Crippen LogP contribution < -0.4 is 15.8 Å². The highest BCUT2D eigenvalue weighted by atomic mass is 79.9. The molecule has 2 amide bonds. The Morgan fingerprint density at radius 1 is 1.06 bits per heavy atom. The van der Waals surface area contributed by atoms with Gasteiger partial charge in [0.05, 0.1) is 22.6 Å². The molecule has 4 rings (SSSR count). The highest BCUT2D eigenvalue weighted by Gasteiger charge is 2.37. The summed E-state index contributed by atoms with van der Waals surface area (Å²) < 4.78 is 8.61. The van der Waals surface area contributed by atoms with Gasteiger partial charge in [0.2, 0.25) is 0 Å². The molecule has 2 aromatic carbocycles. The second kappa shape index (κ2) is 9.10. The number of benzene rings is 2.